The number of halogens is 3. The van der Waals surface area contributed by atoms with Crippen molar-refractivity contribution in [2.75, 3.05) is 17.2 Å². The number of ether oxygens (including phenoxy) is 2. The number of alkyl halides is 3. The van der Waals surface area contributed by atoms with Crippen LogP contribution in [0.1, 0.15) is 27.2 Å². The third-order valence-corrected chi connectivity index (χ3v) is 4.16. The van der Waals surface area contributed by atoms with Crippen LogP contribution in [0.5, 0.6) is 5.75 Å². The number of anilines is 2. The topological polar surface area (TPSA) is 117 Å². The van der Waals surface area contributed by atoms with Crippen LogP contribution in [-0.4, -0.2) is 52.3 Å². The summed E-state index contributed by atoms with van der Waals surface area (Å²) in [4.78, 5) is 22.7. The van der Waals surface area contributed by atoms with Crippen LogP contribution in [0.4, 0.5) is 29.3 Å². The summed E-state index contributed by atoms with van der Waals surface area (Å²) in [5.41, 5.74) is -3.99. The van der Waals surface area contributed by atoms with Gasteiger partial charge in [0.25, 0.3) is 0 Å². The Morgan fingerprint density at radius 3 is 2.54 bits per heavy atom. The highest BCUT2D eigenvalue weighted by molar-refractivity contribution is 5.86. The number of aliphatic hydroxyl groups is 1. The standard InChI is InChI=1S/C17H21F3N2O6/c1-15(2,17(18,19)20)28-14(25)22-9-4-5-12-11(6-9)21-8-10(27-12)7-16(3,26)13(23)24/h4-6,10,21,26H,7-8H2,1-3H3,(H,22,25)(H,23,24)/t10-,16+/m0/s1. The first-order valence-electron chi connectivity index (χ1n) is 8.28. The third kappa shape index (κ3) is 4.97. The van der Waals surface area contributed by atoms with Crippen LogP contribution in [-0.2, 0) is 9.53 Å². The van der Waals surface area contributed by atoms with Gasteiger partial charge < -0.3 is 25.0 Å². The van der Waals surface area contributed by atoms with Gasteiger partial charge in [0, 0.05) is 12.1 Å². The predicted octanol–water partition coefficient (Wildman–Crippen LogP) is 2.97. The van der Waals surface area contributed by atoms with E-state index in [1.807, 2.05) is 0 Å². The van der Waals surface area contributed by atoms with Crippen LogP contribution in [0.25, 0.3) is 0 Å². The zero-order valence-corrected chi connectivity index (χ0v) is 15.4. The largest absolute Gasteiger partial charge is 0.486 e. The fourth-order valence-corrected chi connectivity index (χ4v) is 2.37. The van der Waals surface area contributed by atoms with Crippen molar-refractivity contribution in [3.63, 3.8) is 0 Å². The van der Waals surface area contributed by atoms with E-state index >= 15 is 0 Å². The number of carbonyl (C=O) groups is 2. The van der Waals surface area contributed by atoms with E-state index in [0.29, 0.717) is 11.4 Å². The van der Waals surface area contributed by atoms with Gasteiger partial charge in [0.05, 0.1) is 12.2 Å². The number of aliphatic carboxylic acids is 1. The van der Waals surface area contributed by atoms with Crippen LogP contribution >= 0.6 is 0 Å². The molecule has 1 aromatic rings. The molecule has 11 heteroatoms. The van der Waals surface area contributed by atoms with Gasteiger partial charge in [-0.1, -0.05) is 0 Å². The lowest BCUT2D eigenvalue weighted by atomic mass is 9.98. The van der Waals surface area contributed by atoms with E-state index in [0.717, 1.165) is 20.8 Å². The molecular weight excluding hydrogens is 385 g/mol. The van der Waals surface area contributed by atoms with Gasteiger partial charge in [-0.25, -0.2) is 9.59 Å². The van der Waals surface area contributed by atoms with E-state index < -0.39 is 35.5 Å². The van der Waals surface area contributed by atoms with E-state index in [9.17, 15) is 27.9 Å². The van der Waals surface area contributed by atoms with Crippen molar-refractivity contribution in [3.05, 3.63) is 18.2 Å². The Morgan fingerprint density at radius 1 is 1.32 bits per heavy atom. The smallest absolute Gasteiger partial charge is 0.427 e. The minimum Gasteiger partial charge on any atom is -0.486 e. The summed E-state index contributed by atoms with van der Waals surface area (Å²) in [6, 6.07) is 4.28. The van der Waals surface area contributed by atoms with Gasteiger partial charge in [-0.05, 0) is 39.0 Å². The predicted molar refractivity (Wildman–Crippen MR) is 92.5 cm³/mol. The van der Waals surface area contributed by atoms with Crippen molar-refractivity contribution in [1.82, 2.24) is 0 Å². The normalized spacial score (nSPS) is 18.8. The maximum atomic E-state index is 12.8. The van der Waals surface area contributed by atoms with Gasteiger partial charge in [0.2, 0.25) is 5.60 Å². The molecule has 0 radical (unpaired) electrons. The molecule has 4 N–H and O–H groups in total. The minimum atomic E-state index is -4.72. The fourth-order valence-electron chi connectivity index (χ4n) is 2.37. The highest BCUT2D eigenvalue weighted by Crippen LogP contribution is 2.35. The van der Waals surface area contributed by atoms with Gasteiger partial charge in [0.1, 0.15) is 11.9 Å². The van der Waals surface area contributed by atoms with Crippen molar-refractivity contribution in [3.8, 4) is 5.75 Å². The monoisotopic (exact) mass is 406 g/mol. The number of carbonyl (C=O) groups excluding carboxylic acids is 1. The maximum absolute atomic E-state index is 12.8. The second-order valence-corrected chi connectivity index (χ2v) is 7.14. The van der Waals surface area contributed by atoms with E-state index in [4.69, 9.17) is 9.84 Å². The number of benzene rings is 1. The van der Waals surface area contributed by atoms with Crippen LogP contribution in [0.15, 0.2) is 18.2 Å². The molecule has 0 bridgehead atoms. The van der Waals surface area contributed by atoms with Crippen molar-refractivity contribution < 1.29 is 42.4 Å². The van der Waals surface area contributed by atoms with E-state index in [2.05, 4.69) is 15.4 Å². The summed E-state index contributed by atoms with van der Waals surface area (Å²) in [5.74, 6) is -1.03. The molecule has 0 aliphatic carbocycles. The first-order valence-corrected chi connectivity index (χ1v) is 8.28. The number of hydrogen-bond acceptors (Lipinski definition) is 6. The lowest BCUT2D eigenvalue weighted by molar-refractivity contribution is -0.242. The second kappa shape index (κ2) is 7.38. The molecule has 0 unspecified atom stereocenters. The van der Waals surface area contributed by atoms with Gasteiger partial charge in [-0.3, -0.25) is 5.32 Å². The molecular formula is C17H21F3N2O6. The van der Waals surface area contributed by atoms with E-state index in [1.54, 1.807) is 0 Å². The molecule has 2 atom stereocenters. The number of amides is 1. The molecule has 8 nitrogen and oxygen atoms in total. The fraction of sp³-hybridized carbons (Fsp3) is 0.529. The highest BCUT2D eigenvalue weighted by atomic mass is 19.4. The Hall–Kier alpha value is -2.69. The summed E-state index contributed by atoms with van der Waals surface area (Å²) < 4.78 is 48.4. The number of carboxylic acid groups (broad SMARTS) is 1. The summed E-state index contributed by atoms with van der Waals surface area (Å²) in [7, 11) is 0. The third-order valence-electron chi connectivity index (χ3n) is 4.16. The van der Waals surface area contributed by atoms with Gasteiger partial charge in [0.15, 0.2) is 5.60 Å². The minimum absolute atomic E-state index is 0.159. The number of carboxylic acids is 1. The maximum Gasteiger partial charge on any atom is 0.427 e. The van der Waals surface area contributed by atoms with Crippen molar-refractivity contribution >= 4 is 23.4 Å². The molecule has 156 valence electrons. The van der Waals surface area contributed by atoms with E-state index in [-0.39, 0.29) is 18.7 Å². The van der Waals surface area contributed by atoms with E-state index in [1.165, 1.54) is 18.2 Å². The molecule has 0 saturated carbocycles. The van der Waals surface area contributed by atoms with Crippen molar-refractivity contribution in [1.29, 1.82) is 0 Å². The molecule has 1 aliphatic rings. The molecule has 0 aromatic heterocycles. The van der Waals surface area contributed by atoms with Gasteiger partial charge >= 0.3 is 18.2 Å². The molecule has 1 amide bonds. The number of rotatable bonds is 5. The average molecular weight is 406 g/mol. The lowest BCUT2D eigenvalue weighted by Gasteiger charge is -2.31. The lowest BCUT2D eigenvalue weighted by Crippen LogP contribution is -2.44. The van der Waals surface area contributed by atoms with Crippen LogP contribution < -0.4 is 15.4 Å². The first kappa shape index (κ1) is 21.6. The van der Waals surface area contributed by atoms with Gasteiger partial charge in [-0.15, -0.1) is 0 Å². The van der Waals surface area contributed by atoms with Crippen molar-refractivity contribution in [2.45, 2.75) is 50.7 Å². The zero-order chi connectivity index (χ0) is 21.3. The SMILES string of the molecule is CC(C)(OC(=O)Nc1ccc2c(c1)NC[C@H](C[C@@](C)(O)C(=O)O)O2)C(F)(F)F. The Labute approximate surface area is 158 Å². The molecule has 1 aliphatic heterocycles. The molecule has 1 aromatic carbocycles. The summed E-state index contributed by atoms with van der Waals surface area (Å²) in [5, 5.41) is 24.0. The summed E-state index contributed by atoms with van der Waals surface area (Å²) >= 11 is 0. The molecule has 0 fully saturated rings. The average Bonchev–Trinajstić information content (AvgIpc) is 2.52. The number of fused-ring (bicyclic) bond motifs is 1. The van der Waals surface area contributed by atoms with Crippen LogP contribution in [0.2, 0.25) is 0 Å². The Balaban J connectivity index is 2.02. The Bertz CT molecular complexity index is 764. The molecule has 0 saturated heterocycles. The molecule has 28 heavy (non-hydrogen) atoms. The number of hydrogen-bond donors (Lipinski definition) is 4. The summed E-state index contributed by atoms with van der Waals surface area (Å²) in [6.45, 7) is 2.82. The molecule has 1 heterocycles. The Morgan fingerprint density at radius 2 is 1.96 bits per heavy atom. The van der Waals surface area contributed by atoms with Gasteiger partial charge in [-0.2, -0.15) is 13.2 Å². The Kier molecular flexibility index (Phi) is 5.69. The quantitative estimate of drug-likeness (QED) is 0.594. The second-order valence-electron chi connectivity index (χ2n) is 7.14. The summed E-state index contributed by atoms with van der Waals surface area (Å²) in [6.07, 6.45) is -6.76. The van der Waals surface area contributed by atoms with Crippen molar-refractivity contribution in [2.24, 2.45) is 0 Å². The van der Waals surface area contributed by atoms with Crippen LogP contribution in [0, 0.1) is 0 Å². The zero-order valence-electron chi connectivity index (χ0n) is 15.4. The van der Waals surface area contributed by atoms with Crippen LogP contribution in [0.3, 0.4) is 0 Å². The molecule has 0 spiro atoms. The molecule has 2 rings (SSSR count). The number of nitrogens with one attached hydrogen (secondary N) is 2. The highest BCUT2D eigenvalue weighted by Gasteiger charge is 2.51. The first-order chi connectivity index (χ1) is 12.7.